The fourth-order valence-corrected chi connectivity index (χ4v) is 3.51. The third-order valence-electron chi connectivity index (χ3n) is 4.85. The first-order chi connectivity index (χ1) is 9.49. The van der Waals surface area contributed by atoms with E-state index in [4.69, 9.17) is 9.47 Å². The van der Waals surface area contributed by atoms with Crippen LogP contribution in [0.2, 0.25) is 0 Å². The summed E-state index contributed by atoms with van der Waals surface area (Å²) in [6, 6.07) is 0.592. The van der Waals surface area contributed by atoms with Crippen molar-refractivity contribution in [3.63, 3.8) is 0 Å². The zero-order valence-corrected chi connectivity index (χ0v) is 13.9. The quantitative estimate of drug-likeness (QED) is 0.791. The van der Waals surface area contributed by atoms with E-state index in [1.165, 1.54) is 6.42 Å². The molecule has 2 fully saturated rings. The van der Waals surface area contributed by atoms with Gasteiger partial charge >= 0.3 is 0 Å². The van der Waals surface area contributed by atoms with Crippen molar-refractivity contribution in [2.45, 2.75) is 70.9 Å². The molecule has 3 atom stereocenters. The Morgan fingerprint density at radius 1 is 1.35 bits per heavy atom. The van der Waals surface area contributed by atoms with Crippen molar-refractivity contribution in [3.05, 3.63) is 0 Å². The molecule has 4 heteroatoms. The second-order valence-electron chi connectivity index (χ2n) is 6.69. The summed E-state index contributed by atoms with van der Waals surface area (Å²) in [4.78, 5) is 4.93. The molecule has 4 nitrogen and oxygen atoms in total. The average molecular weight is 284 g/mol. The van der Waals surface area contributed by atoms with E-state index in [-0.39, 0.29) is 17.9 Å². The lowest BCUT2D eigenvalue weighted by Gasteiger charge is -2.51. The van der Waals surface area contributed by atoms with Crippen molar-refractivity contribution in [1.82, 2.24) is 9.80 Å². The Labute approximate surface area is 124 Å². The van der Waals surface area contributed by atoms with Crippen LogP contribution in [0.3, 0.4) is 0 Å². The number of morpholine rings is 1. The molecule has 0 amide bonds. The van der Waals surface area contributed by atoms with Crippen LogP contribution in [0.15, 0.2) is 0 Å². The second kappa shape index (κ2) is 6.73. The number of ether oxygens (including phenoxy) is 2. The van der Waals surface area contributed by atoms with Crippen LogP contribution in [-0.2, 0) is 9.47 Å². The number of hydrogen-bond donors (Lipinski definition) is 0. The minimum atomic E-state index is 0.00769. The van der Waals surface area contributed by atoms with Crippen molar-refractivity contribution >= 4 is 0 Å². The zero-order valence-electron chi connectivity index (χ0n) is 13.9. The third-order valence-corrected chi connectivity index (χ3v) is 4.85. The van der Waals surface area contributed by atoms with E-state index in [9.17, 15) is 0 Å². The Balaban J connectivity index is 2.03. The first-order valence-electron chi connectivity index (χ1n) is 8.23. The lowest BCUT2D eigenvalue weighted by molar-refractivity contribution is -0.205. The summed E-state index contributed by atoms with van der Waals surface area (Å²) in [5, 5.41) is 0. The molecule has 2 aliphatic rings. The summed E-state index contributed by atoms with van der Waals surface area (Å²) in [6.07, 6.45) is 3.76. The maximum absolute atomic E-state index is 6.35. The maximum atomic E-state index is 6.35. The highest BCUT2D eigenvalue weighted by atomic mass is 16.5. The summed E-state index contributed by atoms with van der Waals surface area (Å²) in [5.74, 6) is 0. The van der Waals surface area contributed by atoms with Crippen LogP contribution < -0.4 is 0 Å². The molecule has 2 aliphatic heterocycles. The zero-order chi connectivity index (χ0) is 14.8. The van der Waals surface area contributed by atoms with Crippen LogP contribution in [0.4, 0.5) is 0 Å². The molecule has 3 unspecified atom stereocenters. The highest BCUT2D eigenvalue weighted by molar-refractivity contribution is 4.96. The molecule has 0 N–H and O–H groups in total. The van der Waals surface area contributed by atoms with Crippen molar-refractivity contribution in [2.75, 3.05) is 33.3 Å². The molecular weight excluding hydrogens is 252 g/mol. The van der Waals surface area contributed by atoms with Crippen LogP contribution >= 0.6 is 0 Å². The van der Waals surface area contributed by atoms with Gasteiger partial charge in [0.2, 0.25) is 0 Å². The third kappa shape index (κ3) is 3.53. The number of likely N-dealkylation sites (N-methyl/N-ethyl adjacent to an activating group) is 1. The number of hydrogen-bond acceptors (Lipinski definition) is 4. The molecule has 118 valence electrons. The molecule has 0 aromatic carbocycles. The molecule has 2 saturated heterocycles. The van der Waals surface area contributed by atoms with Crippen LogP contribution in [0, 0.1) is 0 Å². The molecule has 0 aromatic rings. The Morgan fingerprint density at radius 3 is 2.70 bits per heavy atom. The standard InChI is InChI=1S/C16H32N2O2/c1-6-14-11-19-16(12-18(14)7-2)8-9-17(5)15(10-16)20-13(3)4/h13-15H,6-12H2,1-5H3. The van der Waals surface area contributed by atoms with Gasteiger partial charge in [0, 0.05) is 25.6 Å². The summed E-state index contributed by atoms with van der Waals surface area (Å²) in [6.45, 7) is 12.9. The summed E-state index contributed by atoms with van der Waals surface area (Å²) in [7, 11) is 2.16. The SMILES string of the molecule is CCC1COC2(CCN(C)C(OC(C)C)C2)CN1CC. The average Bonchev–Trinajstić information content (AvgIpc) is 2.42. The largest absolute Gasteiger partial charge is 0.372 e. The van der Waals surface area contributed by atoms with E-state index in [2.05, 4.69) is 44.5 Å². The van der Waals surface area contributed by atoms with Gasteiger partial charge in [-0.05, 0) is 40.3 Å². The predicted molar refractivity (Wildman–Crippen MR) is 81.9 cm³/mol. The number of nitrogens with zero attached hydrogens (tertiary/aromatic N) is 2. The smallest absolute Gasteiger partial charge is 0.113 e. The summed E-state index contributed by atoms with van der Waals surface area (Å²) < 4.78 is 12.4. The first-order valence-corrected chi connectivity index (χ1v) is 8.23. The normalized spacial score (nSPS) is 36.9. The van der Waals surface area contributed by atoms with Gasteiger partial charge in [-0.15, -0.1) is 0 Å². The van der Waals surface area contributed by atoms with Gasteiger partial charge in [-0.3, -0.25) is 9.80 Å². The number of piperidine rings is 1. The molecule has 0 aliphatic carbocycles. The lowest BCUT2D eigenvalue weighted by Crippen LogP contribution is -2.62. The topological polar surface area (TPSA) is 24.9 Å². The number of rotatable bonds is 4. The molecule has 0 bridgehead atoms. The van der Waals surface area contributed by atoms with E-state index < -0.39 is 0 Å². The minimum Gasteiger partial charge on any atom is -0.372 e. The summed E-state index contributed by atoms with van der Waals surface area (Å²) >= 11 is 0. The second-order valence-corrected chi connectivity index (χ2v) is 6.69. The molecule has 0 aromatic heterocycles. The van der Waals surface area contributed by atoms with Crippen LogP contribution in [-0.4, -0.2) is 67.1 Å². The van der Waals surface area contributed by atoms with Gasteiger partial charge in [0.25, 0.3) is 0 Å². The Morgan fingerprint density at radius 2 is 2.10 bits per heavy atom. The van der Waals surface area contributed by atoms with E-state index in [1.807, 2.05) is 0 Å². The molecular formula is C16H32N2O2. The van der Waals surface area contributed by atoms with Crippen LogP contribution in [0.1, 0.15) is 47.0 Å². The van der Waals surface area contributed by atoms with Gasteiger partial charge in [0.05, 0.1) is 18.3 Å². The molecule has 2 heterocycles. The fourth-order valence-electron chi connectivity index (χ4n) is 3.51. The number of likely N-dealkylation sites (tertiary alicyclic amines) is 1. The van der Waals surface area contributed by atoms with Crippen LogP contribution in [0.25, 0.3) is 0 Å². The minimum absolute atomic E-state index is 0.00769. The van der Waals surface area contributed by atoms with Crippen molar-refractivity contribution in [3.8, 4) is 0 Å². The van der Waals surface area contributed by atoms with Crippen LogP contribution in [0.5, 0.6) is 0 Å². The van der Waals surface area contributed by atoms with Gasteiger partial charge < -0.3 is 9.47 Å². The Kier molecular flexibility index (Phi) is 5.46. The summed E-state index contributed by atoms with van der Waals surface area (Å²) in [5.41, 5.74) is 0.00769. The Hall–Kier alpha value is -0.160. The molecule has 0 radical (unpaired) electrons. The van der Waals surface area contributed by atoms with E-state index in [0.717, 1.165) is 39.1 Å². The van der Waals surface area contributed by atoms with E-state index >= 15 is 0 Å². The van der Waals surface area contributed by atoms with Crippen molar-refractivity contribution in [1.29, 1.82) is 0 Å². The first kappa shape index (κ1) is 16.2. The van der Waals surface area contributed by atoms with Gasteiger partial charge in [-0.2, -0.15) is 0 Å². The van der Waals surface area contributed by atoms with E-state index in [0.29, 0.717) is 6.04 Å². The van der Waals surface area contributed by atoms with Gasteiger partial charge in [0.15, 0.2) is 0 Å². The van der Waals surface area contributed by atoms with Gasteiger partial charge in [-0.25, -0.2) is 0 Å². The fraction of sp³-hybridized carbons (Fsp3) is 1.00. The molecule has 0 saturated carbocycles. The van der Waals surface area contributed by atoms with Gasteiger partial charge in [-0.1, -0.05) is 13.8 Å². The molecule has 2 rings (SSSR count). The monoisotopic (exact) mass is 284 g/mol. The highest BCUT2D eigenvalue weighted by Gasteiger charge is 2.45. The lowest BCUT2D eigenvalue weighted by atomic mass is 9.87. The molecule has 1 spiro atoms. The highest BCUT2D eigenvalue weighted by Crippen LogP contribution is 2.35. The van der Waals surface area contributed by atoms with E-state index in [1.54, 1.807) is 0 Å². The molecule has 20 heavy (non-hydrogen) atoms. The predicted octanol–water partition coefficient (Wildman–Crippen LogP) is 2.33. The Bertz CT molecular complexity index is 311. The van der Waals surface area contributed by atoms with Crippen molar-refractivity contribution in [2.24, 2.45) is 0 Å². The van der Waals surface area contributed by atoms with Gasteiger partial charge in [0.1, 0.15) is 6.23 Å². The maximum Gasteiger partial charge on any atom is 0.113 e. The van der Waals surface area contributed by atoms with Crippen molar-refractivity contribution < 1.29 is 9.47 Å².